The summed E-state index contributed by atoms with van der Waals surface area (Å²) in [6, 6.07) is 4.25. The van der Waals surface area contributed by atoms with Crippen LogP contribution in [0.3, 0.4) is 0 Å². The summed E-state index contributed by atoms with van der Waals surface area (Å²) in [5, 5.41) is 0. The van der Waals surface area contributed by atoms with Crippen LogP contribution in [0.5, 0.6) is 5.75 Å². The third-order valence-electron chi connectivity index (χ3n) is 2.90. The zero-order valence-electron chi connectivity index (χ0n) is 11.0. The largest absolute Gasteiger partial charge is 0.497 e. The fourth-order valence-corrected chi connectivity index (χ4v) is 2.26. The van der Waals surface area contributed by atoms with E-state index in [-0.39, 0.29) is 6.04 Å². The van der Waals surface area contributed by atoms with Crippen molar-refractivity contribution in [1.82, 2.24) is 0 Å². The SMILES string of the molecule is COc1cc(C)c(C(N)CC(C)C)c(C)c1. The maximum Gasteiger partial charge on any atom is 0.119 e. The number of methoxy groups -OCH3 is 1. The lowest BCUT2D eigenvalue weighted by atomic mass is 9.91. The number of aryl methyl sites for hydroxylation is 2. The van der Waals surface area contributed by atoms with Crippen LogP contribution in [-0.4, -0.2) is 7.11 Å². The summed E-state index contributed by atoms with van der Waals surface area (Å²) in [4.78, 5) is 0. The second-order valence-corrected chi connectivity index (χ2v) is 4.91. The lowest BCUT2D eigenvalue weighted by molar-refractivity contribution is 0.413. The number of hydrogen-bond acceptors (Lipinski definition) is 2. The van der Waals surface area contributed by atoms with E-state index in [4.69, 9.17) is 10.5 Å². The van der Waals surface area contributed by atoms with Crippen molar-refractivity contribution in [1.29, 1.82) is 0 Å². The van der Waals surface area contributed by atoms with Gasteiger partial charge in [0.2, 0.25) is 0 Å². The van der Waals surface area contributed by atoms with Gasteiger partial charge in [-0.25, -0.2) is 0 Å². The first-order chi connectivity index (χ1) is 7.45. The van der Waals surface area contributed by atoms with Crippen LogP contribution in [0.4, 0.5) is 0 Å². The first-order valence-electron chi connectivity index (χ1n) is 5.86. The van der Waals surface area contributed by atoms with Crippen LogP contribution in [-0.2, 0) is 0 Å². The highest BCUT2D eigenvalue weighted by atomic mass is 16.5. The monoisotopic (exact) mass is 221 g/mol. The number of hydrogen-bond donors (Lipinski definition) is 1. The van der Waals surface area contributed by atoms with E-state index in [1.54, 1.807) is 7.11 Å². The predicted molar refractivity (Wildman–Crippen MR) is 68.9 cm³/mol. The maximum atomic E-state index is 6.25. The quantitative estimate of drug-likeness (QED) is 0.846. The summed E-state index contributed by atoms with van der Waals surface area (Å²) >= 11 is 0. The smallest absolute Gasteiger partial charge is 0.119 e. The molecule has 0 aliphatic carbocycles. The molecule has 0 aliphatic rings. The summed E-state index contributed by atoms with van der Waals surface area (Å²) in [5.74, 6) is 1.53. The van der Waals surface area contributed by atoms with Crippen LogP contribution in [0.1, 0.15) is 43.0 Å². The van der Waals surface area contributed by atoms with E-state index in [9.17, 15) is 0 Å². The lowest BCUT2D eigenvalue weighted by Crippen LogP contribution is -2.15. The minimum atomic E-state index is 0.130. The first-order valence-corrected chi connectivity index (χ1v) is 5.86. The summed E-state index contributed by atoms with van der Waals surface area (Å²) < 4.78 is 5.25. The van der Waals surface area contributed by atoms with E-state index in [1.807, 2.05) is 0 Å². The highest BCUT2D eigenvalue weighted by Gasteiger charge is 2.14. The van der Waals surface area contributed by atoms with Gasteiger partial charge in [-0.2, -0.15) is 0 Å². The molecular formula is C14H23NO. The minimum Gasteiger partial charge on any atom is -0.497 e. The molecule has 0 saturated carbocycles. The number of rotatable bonds is 4. The van der Waals surface area contributed by atoms with Crippen molar-refractivity contribution in [3.63, 3.8) is 0 Å². The zero-order chi connectivity index (χ0) is 12.3. The highest BCUT2D eigenvalue weighted by Crippen LogP contribution is 2.28. The van der Waals surface area contributed by atoms with E-state index in [2.05, 4.69) is 39.8 Å². The van der Waals surface area contributed by atoms with Gasteiger partial charge in [-0.05, 0) is 55.0 Å². The fraction of sp³-hybridized carbons (Fsp3) is 0.571. The second-order valence-electron chi connectivity index (χ2n) is 4.91. The molecule has 2 N–H and O–H groups in total. The summed E-state index contributed by atoms with van der Waals surface area (Å²) in [6.45, 7) is 8.61. The Morgan fingerprint density at radius 1 is 1.19 bits per heavy atom. The van der Waals surface area contributed by atoms with Crippen LogP contribution in [0.15, 0.2) is 12.1 Å². The molecule has 1 atom stereocenters. The van der Waals surface area contributed by atoms with Crippen molar-refractivity contribution in [3.05, 3.63) is 28.8 Å². The number of benzene rings is 1. The molecule has 0 aromatic heterocycles. The molecule has 1 aromatic rings. The number of ether oxygens (including phenoxy) is 1. The fourth-order valence-electron chi connectivity index (χ4n) is 2.26. The molecule has 0 amide bonds. The van der Waals surface area contributed by atoms with Crippen molar-refractivity contribution in [3.8, 4) is 5.75 Å². The van der Waals surface area contributed by atoms with E-state index in [1.165, 1.54) is 16.7 Å². The molecule has 2 heteroatoms. The van der Waals surface area contributed by atoms with Gasteiger partial charge in [-0.15, -0.1) is 0 Å². The molecule has 1 rings (SSSR count). The molecule has 0 saturated heterocycles. The Morgan fingerprint density at radius 2 is 1.69 bits per heavy atom. The third-order valence-corrected chi connectivity index (χ3v) is 2.90. The summed E-state index contributed by atoms with van der Waals surface area (Å²) in [7, 11) is 1.70. The average molecular weight is 221 g/mol. The Labute approximate surface area is 98.8 Å². The van der Waals surface area contributed by atoms with Crippen LogP contribution < -0.4 is 10.5 Å². The average Bonchev–Trinajstić information content (AvgIpc) is 2.15. The van der Waals surface area contributed by atoms with Gasteiger partial charge in [0.1, 0.15) is 5.75 Å². The molecule has 0 spiro atoms. The van der Waals surface area contributed by atoms with Crippen molar-refractivity contribution in [2.24, 2.45) is 11.7 Å². The molecule has 90 valence electrons. The Balaban J connectivity index is 3.04. The lowest BCUT2D eigenvalue weighted by Gasteiger charge is -2.20. The Morgan fingerprint density at radius 3 is 2.06 bits per heavy atom. The molecule has 1 unspecified atom stereocenters. The molecular weight excluding hydrogens is 198 g/mol. The van der Waals surface area contributed by atoms with Gasteiger partial charge in [-0.1, -0.05) is 13.8 Å². The molecule has 1 aromatic carbocycles. The molecule has 0 fully saturated rings. The summed E-state index contributed by atoms with van der Waals surface area (Å²) in [5.41, 5.74) is 9.97. The molecule has 0 aliphatic heterocycles. The normalized spacial score (nSPS) is 12.9. The van der Waals surface area contributed by atoms with Gasteiger partial charge in [-0.3, -0.25) is 0 Å². The molecule has 0 bridgehead atoms. The second kappa shape index (κ2) is 5.35. The third kappa shape index (κ3) is 2.99. The molecule has 0 radical (unpaired) electrons. The van der Waals surface area contributed by atoms with E-state index in [0.29, 0.717) is 5.92 Å². The van der Waals surface area contributed by atoms with Crippen LogP contribution in [0, 0.1) is 19.8 Å². The molecule has 16 heavy (non-hydrogen) atoms. The van der Waals surface area contributed by atoms with Crippen LogP contribution in [0.25, 0.3) is 0 Å². The van der Waals surface area contributed by atoms with E-state index >= 15 is 0 Å². The van der Waals surface area contributed by atoms with Gasteiger partial charge in [0.05, 0.1) is 7.11 Å². The molecule has 0 heterocycles. The number of nitrogens with two attached hydrogens (primary N) is 1. The zero-order valence-corrected chi connectivity index (χ0v) is 11.0. The van der Waals surface area contributed by atoms with Crippen molar-refractivity contribution >= 4 is 0 Å². The van der Waals surface area contributed by atoms with Crippen molar-refractivity contribution < 1.29 is 4.74 Å². The van der Waals surface area contributed by atoms with Crippen molar-refractivity contribution in [2.75, 3.05) is 7.11 Å². The van der Waals surface area contributed by atoms with Gasteiger partial charge in [0.15, 0.2) is 0 Å². The summed E-state index contributed by atoms with van der Waals surface area (Å²) in [6.07, 6.45) is 1.02. The Bertz CT molecular complexity index is 335. The maximum absolute atomic E-state index is 6.25. The van der Waals surface area contributed by atoms with Gasteiger partial charge >= 0.3 is 0 Å². The standard InChI is InChI=1S/C14H23NO/c1-9(2)6-13(15)14-10(3)7-12(16-5)8-11(14)4/h7-9,13H,6,15H2,1-5H3. The molecule has 2 nitrogen and oxygen atoms in total. The first kappa shape index (κ1) is 13.0. The van der Waals surface area contributed by atoms with Gasteiger partial charge in [0.25, 0.3) is 0 Å². The van der Waals surface area contributed by atoms with E-state index < -0.39 is 0 Å². The van der Waals surface area contributed by atoms with Gasteiger partial charge < -0.3 is 10.5 Å². The van der Waals surface area contributed by atoms with Crippen molar-refractivity contribution in [2.45, 2.75) is 40.2 Å². The topological polar surface area (TPSA) is 35.2 Å². The minimum absolute atomic E-state index is 0.130. The van der Waals surface area contributed by atoms with Crippen LogP contribution in [0.2, 0.25) is 0 Å². The van der Waals surface area contributed by atoms with E-state index in [0.717, 1.165) is 12.2 Å². The van der Waals surface area contributed by atoms with Crippen LogP contribution >= 0.6 is 0 Å². The van der Waals surface area contributed by atoms with Gasteiger partial charge in [0, 0.05) is 6.04 Å². The Kier molecular flexibility index (Phi) is 4.36. The highest BCUT2D eigenvalue weighted by molar-refractivity contribution is 5.42. The predicted octanol–water partition coefficient (Wildman–Crippen LogP) is 3.36. The Hall–Kier alpha value is -1.02.